The van der Waals surface area contributed by atoms with E-state index in [-0.39, 0.29) is 0 Å². The van der Waals surface area contributed by atoms with Crippen LogP contribution in [0.1, 0.15) is 5.69 Å². The van der Waals surface area contributed by atoms with Gasteiger partial charge in [0.15, 0.2) is 5.82 Å². The Morgan fingerprint density at radius 3 is 2.79 bits per heavy atom. The highest BCUT2D eigenvalue weighted by atomic mass is 79.9. The number of hydrogen-bond acceptors (Lipinski definition) is 5. The van der Waals surface area contributed by atoms with Crippen LogP contribution in [0.15, 0.2) is 10.7 Å². The molecule has 0 fully saturated rings. The number of H-pyrrole nitrogens is 1. The average Bonchev–Trinajstić information content (AvgIpc) is 2.66. The molecule has 0 spiro atoms. The van der Waals surface area contributed by atoms with Crippen molar-refractivity contribution < 1.29 is 0 Å². The van der Waals surface area contributed by atoms with E-state index < -0.39 is 0 Å². The summed E-state index contributed by atoms with van der Waals surface area (Å²) in [6.07, 6.45) is 1.54. The van der Waals surface area contributed by atoms with Crippen LogP contribution in [0.2, 0.25) is 0 Å². The van der Waals surface area contributed by atoms with E-state index in [2.05, 4.69) is 41.3 Å². The van der Waals surface area contributed by atoms with Gasteiger partial charge in [-0.2, -0.15) is 15.4 Å². The number of aromatic amines is 1. The maximum absolute atomic E-state index is 5.67. The van der Waals surface area contributed by atoms with Crippen LogP contribution in [0.5, 0.6) is 0 Å². The van der Waals surface area contributed by atoms with Crippen molar-refractivity contribution in [3.8, 4) is 11.5 Å². The molecule has 0 aromatic carbocycles. The molecule has 2 heterocycles. The van der Waals surface area contributed by atoms with Crippen LogP contribution in [0, 0.1) is 6.92 Å². The van der Waals surface area contributed by atoms with Gasteiger partial charge in [-0.3, -0.25) is 0 Å². The van der Waals surface area contributed by atoms with Crippen LogP contribution >= 0.6 is 15.9 Å². The monoisotopic (exact) mass is 254 g/mol. The molecule has 0 bridgehead atoms. The predicted molar refractivity (Wildman–Crippen MR) is 54.3 cm³/mol. The summed E-state index contributed by atoms with van der Waals surface area (Å²) in [5, 5.41) is 10.0. The Bertz CT molecular complexity index is 428. The van der Waals surface area contributed by atoms with Crippen molar-refractivity contribution in [1.82, 2.24) is 25.4 Å². The Morgan fingerprint density at radius 2 is 2.21 bits per heavy atom. The lowest BCUT2D eigenvalue weighted by molar-refractivity contribution is 0.937. The Kier molecular flexibility index (Phi) is 2.16. The largest absolute Gasteiger partial charge is 0.383 e. The first-order valence-electron chi connectivity index (χ1n) is 3.84. The Balaban J connectivity index is 2.57. The van der Waals surface area contributed by atoms with Crippen molar-refractivity contribution in [3.63, 3.8) is 0 Å². The first kappa shape index (κ1) is 9.07. The van der Waals surface area contributed by atoms with E-state index in [1.54, 1.807) is 6.20 Å². The molecule has 14 heavy (non-hydrogen) atoms. The number of nitrogens with two attached hydrogens (primary N) is 1. The topological polar surface area (TPSA) is 93.4 Å². The van der Waals surface area contributed by atoms with Crippen molar-refractivity contribution in [1.29, 1.82) is 0 Å². The summed E-state index contributed by atoms with van der Waals surface area (Å²) in [6, 6.07) is 0. The number of nitrogen functional groups attached to an aromatic ring is 1. The molecule has 3 N–H and O–H groups in total. The normalized spacial score (nSPS) is 10.4. The molecule has 0 aliphatic heterocycles. The highest BCUT2D eigenvalue weighted by Gasteiger charge is 2.09. The Labute approximate surface area is 88.1 Å². The van der Waals surface area contributed by atoms with Crippen LogP contribution in [0.3, 0.4) is 0 Å². The van der Waals surface area contributed by atoms with E-state index in [0.717, 1.165) is 5.69 Å². The summed E-state index contributed by atoms with van der Waals surface area (Å²) >= 11 is 3.28. The molecule has 6 nitrogen and oxygen atoms in total. The second kappa shape index (κ2) is 3.33. The molecule has 2 aromatic rings. The number of aryl methyl sites for hydroxylation is 1. The van der Waals surface area contributed by atoms with Gasteiger partial charge in [0, 0.05) is 0 Å². The molecule has 0 radical (unpaired) electrons. The molecule has 0 unspecified atom stereocenters. The third-order valence-corrected chi connectivity index (χ3v) is 2.67. The number of halogens is 1. The van der Waals surface area contributed by atoms with Crippen molar-refractivity contribution in [2.24, 2.45) is 0 Å². The van der Waals surface area contributed by atoms with Gasteiger partial charge in [-0.1, -0.05) is 0 Å². The summed E-state index contributed by atoms with van der Waals surface area (Å²) in [4.78, 5) is 8.29. The zero-order valence-electron chi connectivity index (χ0n) is 7.32. The van der Waals surface area contributed by atoms with Gasteiger partial charge in [0.2, 0.25) is 0 Å². The quantitative estimate of drug-likeness (QED) is 0.790. The summed E-state index contributed by atoms with van der Waals surface area (Å²) < 4.78 is 0.713. The van der Waals surface area contributed by atoms with E-state index in [9.17, 15) is 0 Å². The average molecular weight is 255 g/mol. The van der Waals surface area contributed by atoms with Gasteiger partial charge in [-0.15, -0.1) is 0 Å². The molecule has 2 aromatic heterocycles. The molecule has 0 aliphatic carbocycles. The maximum atomic E-state index is 5.67. The molecule has 2 rings (SSSR count). The first-order chi connectivity index (χ1) is 6.68. The first-order valence-corrected chi connectivity index (χ1v) is 4.63. The second-order valence-electron chi connectivity index (χ2n) is 2.69. The van der Waals surface area contributed by atoms with Gasteiger partial charge in [0.1, 0.15) is 11.5 Å². The Morgan fingerprint density at radius 1 is 1.43 bits per heavy atom. The minimum absolute atomic E-state index is 0.399. The maximum Gasteiger partial charge on any atom is 0.184 e. The van der Waals surface area contributed by atoms with Gasteiger partial charge in [-0.25, -0.2) is 9.97 Å². The minimum atomic E-state index is 0.399. The van der Waals surface area contributed by atoms with Crippen LogP contribution in [0.25, 0.3) is 11.5 Å². The fourth-order valence-electron chi connectivity index (χ4n) is 1.01. The van der Waals surface area contributed by atoms with E-state index in [4.69, 9.17) is 5.73 Å². The van der Waals surface area contributed by atoms with Crippen molar-refractivity contribution >= 4 is 21.7 Å². The number of aromatic nitrogens is 5. The van der Waals surface area contributed by atoms with Crippen LogP contribution in [0.4, 0.5) is 5.82 Å². The molecule has 0 saturated carbocycles. The molecule has 72 valence electrons. The molecule has 0 amide bonds. The lowest BCUT2D eigenvalue weighted by Gasteiger charge is -2.02. The highest BCUT2D eigenvalue weighted by Crippen LogP contribution is 2.22. The van der Waals surface area contributed by atoms with Crippen molar-refractivity contribution in [2.75, 3.05) is 5.73 Å². The van der Waals surface area contributed by atoms with E-state index >= 15 is 0 Å². The number of anilines is 1. The zero-order valence-corrected chi connectivity index (χ0v) is 8.91. The van der Waals surface area contributed by atoms with Crippen LogP contribution < -0.4 is 5.73 Å². The summed E-state index contributed by atoms with van der Waals surface area (Å²) in [5.74, 6) is 0.868. The number of hydrogen-bond donors (Lipinski definition) is 2. The fraction of sp³-hybridized carbons (Fsp3) is 0.143. The summed E-state index contributed by atoms with van der Waals surface area (Å²) in [5.41, 5.74) is 7.02. The third kappa shape index (κ3) is 1.46. The van der Waals surface area contributed by atoms with Gasteiger partial charge in [0.25, 0.3) is 0 Å². The highest BCUT2D eigenvalue weighted by molar-refractivity contribution is 9.10. The molecule has 0 aliphatic rings. The smallest absolute Gasteiger partial charge is 0.184 e. The van der Waals surface area contributed by atoms with E-state index in [1.807, 2.05) is 6.92 Å². The van der Waals surface area contributed by atoms with Crippen molar-refractivity contribution in [2.45, 2.75) is 6.92 Å². The second-order valence-corrected chi connectivity index (χ2v) is 3.48. The van der Waals surface area contributed by atoms with Crippen LogP contribution in [-0.2, 0) is 0 Å². The summed E-state index contributed by atoms with van der Waals surface area (Å²) in [7, 11) is 0. The van der Waals surface area contributed by atoms with E-state index in [0.29, 0.717) is 21.8 Å². The number of nitrogens with zero attached hydrogens (tertiary/aromatic N) is 4. The van der Waals surface area contributed by atoms with E-state index in [1.165, 1.54) is 0 Å². The van der Waals surface area contributed by atoms with Gasteiger partial charge in [0.05, 0.1) is 16.4 Å². The van der Waals surface area contributed by atoms with Gasteiger partial charge in [-0.05, 0) is 22.9 Å². The number of nitrogens with one attached hydrogen (secondary N) is 1. The molecular weight excluding hydrogens is 248 g/mol. The minimum Gasteiger partial charge on any atom is -0.383 e. The SMILES string of the molecule is Cc1nc(-c2cn[nH]n2)nc(N)c1Br. The number of rotatable bonds is 1. The van der Waals surface area contributed by atoms with Gasteiger partial charge < -0.3 is 5.73 Å². The molecule has 7 heteroatoms. The Hall–Kier alpha value is -1.50. The molecular formula is C7H7BrN6. The van der Waals surface area contributed by atoms with Crippen LogP contribution in [-0.4, -0.2) is 25.4 Å². The van der Waals surface area contributed by atoms with Gasteiger partial charge >= 0.3 is 0 Å². The predicted octanol–water partition coefficient (Wildman–Crippen LogP) is 0.915. The lowest BCUT2D eigenvalue weighted by Crippen LogP contribution is -2.00. The lowest BCUT2D eigenvalue weighted by atomic mass is 10.4. The third-order valence-electron chi connectivity index (χ3n) is 1.69. The standard InChI is InChI=1S/C7H7BrN6/c1-3-5(8)6(9)12-7(11-3)4-2-10-14-13-4/h2H,1H3,(H2,9,11,12)(H,10,13,14). The molecule has 0 atom stereocenters. The fourth-order valence-corrected chi connectivity index (χ4v) is 1.18. The molecule has 0 saturated heterocycles. The zero-order chi connectivity index (χ0) is 10.1. The van der Waals surface area contributed by atoms with Crippen molar-refractivity contribution in [3.05, 3.63) is 16.4 Å². The summed E-state index contributed by atoms with van der Waals surface area (Å²) in [6.45, 7) is 1.84.